The van der Waals surface area contributed by atoms with Gasteiger partial charge in [-0.1, -0.05) is 0 Å². The van der Waals surface area contributed by atoms with Gasteiger partial charge in [0.05, 0.1) is 32.1 Å². The summed E-state index contributed by atoms with van der Waals surface area (Å²) in [5, 5.41) is 0. The Hall–Kier alpha value is -2.54. The van der Waals surface area contributed by atoms with Gasteiger partial charge < -0.3 is 19.1 Å². The molecule has 1 saturated heterocycles. The first-order valence-corrected chi connectivity index (χ1v) is 9.27. The van der Waals surface area contributed by atoms with Crippen molar-refractivity contribution < 1.29 is 14.2 Å². The van der Waals surface area contributed by atoms with Crippen LogP contribution in [-0.2, 0) is 17.7 Å². The Balaban J connectivity index is 1.82. The third-order valence-corrected chi connectivity index (χ3v) is 5.23. The molecule has 0 unspecified atom stereocenters. The van der Waals surface area contributed by atoms with E-state index in [1.807, 2.05) is 32.0 Å². The average molecular weight is 371 g/mol. The van der Waals surface area contributed by atoms with Crippen molar-refractivity contribution in [2.75, 3.05) is 32.2 Å². The number of rotatable bonds is 3. The molecule has 2 aliphatic heterocycles. The van der Waals surface area contributed by atoms with Crippen LogP contribution in [0.3, 0.4) is 0 Å². The first kappa shape index (κ1) is 17.9. The lowest BCUT2D eigenvalue weighted by Crippen LogP contribution is -2.46. The Bertz CT molecular complexity index is 914. The van der Waals surface area contributed by atoms with Gasteiger partial charge in [0, 0.05) is 31.3 Å². The Labute approximate surface area is 158 Å². The zero-order valence-electron chi connectivity index (χ0n) is 16.2. The largest absolute Gasteiger partial charge is 0.493 e. The number of methoxy groups -OCH3 is 2. The van der Waals surface area contributed by atoms with Crippen molar-refractivity contribution in [2.45, 2.75) is 39.0 Å². The van der Waals surface area contributed by atoms with Gasteiger partial charge in [0.1, 0.15) is 5.82 Å². The quantitative estimate of drug-likeness (QED) is 0.823. The van der Waals surface area contributed by atoms with Crippen molar-refractivity contribution in [1.29, 1.82) is 0 Å². The summed E-state index contributed by atoms with van der Waals surface area (Å²) in [5.74, 6) is 2.07. The number of aryl methyl sites for hydroxylation is 1. The van der Waals surface area contributed by atoms with E-state index in [4.69, 9.17) is 14.2 Å². The van der Waals surface area contributed by atoms with Gasteiger partial charge in [-0.2, -0.15) is 4.98 Å². The molecule has 0 saturated carbocycles. The topological polar surface area (TPSA) is 65.8 Å². The lowest BCUT2D eigenvalue weighted by molar-refractivity contribution is -0.00548. The molecule has 144 valence electrons. The maximum atomic E-state index is 12.7. The highest BCUT2D eigenvalue weighted by Crippen LogP contribution is 2.38. The fourth-order valence-electron chi connectivity index (χ4n) is 4.06. The number of benzene rings is 1. The summed E-state index contributed by atoms with van der Waals surface area (Å²) >= 11 is 0. The zero-order valence-corrected chi connectivity index (χ0v) is 16.2. The molecule has 2 aliphatic rings. The standard InChI is InChI=1S/C20H25N3O4/c1-12-10-22(11-13(2)27-12)19-9-16-15-8-18(26-4)17(25-3)7-14(15)5-6-23(16)20(24)21-19/h7-9,12-13H,5-6,10-11H2,1-4H3/t12-,13-/m1/s1. The van der Waals surface area contributed by atoms with Gasteiger partial charge in [0.2, 0.25) is 0 Å². The highest BCUT2D eigenvalue weighted by molar-refractivity contribution is 5.72. The Morgan fingerprint density at radius 2 is 1.74 bits per heavy atom. The van der Waals surface area contributed by atoms with E-state index in [0.29, 0.717) is 23.9 Å². The van der Waals surface area contributed by atoms with Gasteiger partial charge >= 0.3 is 5.69 Å². The minimum atomic E-state index is -0.213. The second-order valence-corrected chi connectivity index (χ2v) is 7.21. The molecule has 0 spiro atoms. The number of fused-ring (bicyclic) bond motifs is 3. The molecule has 0 radical (unpaired) electrons. The van der Waals surface area contributed by atoms with E-state index in [1.54, 1.807) is 18.8 Å². The fourth-order valence-corrected chi connectivity index (χ4v) is 4.06. The van der Waals surface area contributed by atoms with Crippen LogP contribution in [-0.4, -0.2) is 49.1 Å². The van der Waals surface area contributed by atoms with Gasteiger partial charge in [-0.25, -0.2) is 4.79 Å². The molecule has 1 aromatic carbocycles. The van der Waals surface area contributed by atoms with Crippen LogP contribution in [0.2, 0.25) is 0 Å². The van der Waals surface area contributed by atoms with Crippen LogP contribution in [0.4, 0.5) is 5.82 Å². The summed E-state index contributed by atoms with van der Waals surface area (Å²) in [5.41, 5.74) is 2.80. The van der Waals surface area contributed by atoms with Crippen molar-refractivity contribution in [3.8, 4) is 22.8 Å². The molecule has 3 heterocycles. The van der Waals surface area contributed by atoms with E-state index >= 15 is 0 Å². The van der Waals surface area contributed by atoms with Crippen LogP contribution in [0.1, 0.15) is 19.4 Å². The average Bonchev–Trinajstić information content (AvgIpc) is 2.65. The first-order valence-electron chi connectivity index (χ1n) is 9.27. The van der Waals surface area contributed by atoms with Crippen molar-refractivity contribution in [1.82, 2.24) is 9.55 Å². The predicted octanol–water partition coefficient (Wildman–Crippen LogP) is 2.10. The maximum absolute atomic E-state index is 12.7. The molecule has 7 heteroatoms. The summed E-state index contributed by atoms with van der Waals surface area (Å²) in [4.78, 5) is 19.2. The van der Waals surface area contributed by atoms with Gasteiger partial charge in [-0.05, 0) is 38.0 Å². The third-order valence-electron chi connectivity index (χ3n) is 5.23. The summed E-state index contributed by atoms with van der Waals surface area (Å²) in [6, 6.07) is 5.96. The number of hydrogen-bond acceptors (Lipinski definition) is 6. The Morgan fingerprint density at radius 3 is 2.41 bits per heavy atom. The van der Waals surface area contributed by atoms with Gasteiger partial charge in [0.15, 0.2) is 11.5 Å². The molecule has 2 aromatic rings. The second kappa shape index (κ2) is 6.88. The van der Waals surface area contributed by atoms with Crippen LogP contribution in [0.25, 0.3) is 11.3 Å². The van der Waals surface area contributed by atoms with Gasteiger partial charge in [0.25, 0.3) is 0 Å². The first-order chi connectivity index (χ1) is 13.0. The van der Waals surface area contributed by atoms with Crippen LogP contribution in [0.5, 0.6) is 11.5 Å². The lowest BCUT2D eigenvalue weighted by atomic mass is 9.96. The molecular formula is C20H25N3O4. The number of anilines is 1. The molecule has 0 aliphatic carbocycles. The highest BCUT2D eigenvalue weighted by Gasteiger charge is 2.26. The summed E-state index contributed by atoms with van der Waals surface area (Å²) < 4.78 is 18.4. The summed E-state index contributed by atoms with van der Waals surface area (Å²) in [7, 11) is 3.25. The Morgan fingerprint density at radius 1 is 1.07 bits per heavy atom. The number of ether oxygens (including phenoxy) is 3. The zero-order chi connectivity index (χ0) is 19.1. The van der Waals surface area contributed by atoms with Gasteiger partial charge in [-0.3, -0.25) is 4.57 Å². The third kappa shape index (κ3) is 3.16. The minimum Gasteiger partial charge on any atom is -0.493 e. The van der Waals surface area contributed by atoms with Crippen molar-refractivity contribution >= 4 is 5.82 Å². The predicted molar refractivity (Wildman–Crippen MR) is 103 cm³/mol. The van der Waals surface area contributed by atoms with Crippen molar-refractivity contribution in [3.63, 3.8) is 0 Å². The number of nitrogens with zero attached hydrogens (tertiary/aromatic N) is 3. The van der Waals surface area contributed by atoms with Crippen LogP contribution < -0.4 is 20.1 Å². The molecule has 27 heavy (non-hydrogen) atoms. The molecule has 0 bridgehead atoms. The molecule has 1 fully saturated rings. The van der Waals surface area contributed by atoms with E-state index in [0.717, 1.165) is 36.3 Å². The van der Waals surface area contributed by atoms with Crippen LogP contribution in [0, 0.1) is 0 Å². The normalized spacial score (nSPS) is 21.4. The molecule has 7 nitrogen and oxygen atoms in total. The smallest absolute Gasteiger partial charge is 0.350 e. The van der Waals surface area contributed by atoms with Crippen molar-refractivity contribution in [3.05, 3.63) is 34.2 Å². The summed E-state index contributed by atoms with van der Waals surface area (Å²) in [6.07, 6.45) is 0.965. The molecule has 2 atom stereocenters. The second-order valence-electron chi connectivity index (χ2n) is 7.21. The number of aromatic nitrogens is 2. The van der Waals surface area contributed by atoms with Gasteiger partial charge in [-0.15, -0.1) is 0 Å². The molecular weight excluding hydrogens is 346 g/mol. The molecule has 0 amide bonds. The van der Waals surface area contributed by atoms with Crippen LogP contribution >= 0.6 is 0 Å². The highest BCUT2D eigenvalue weighted by atomic mass is 16.5. The number of hydrogen-bond donors (Lipinski definition) is 0. The van der Waals surface area contributed by atoms with E-state index in [9.17, 15) is 4.79 Å². The fraction of sp³-hybridized carbons (Fsp3) is 0.500. The number of morpholine rings is 1. The van der Waals surface area contributed by atoms with E-state index in [-0.39, 0.29) is 17.9 Å². The van der Waals surface area contributed by atoms with Crippen molar-refractivity contribution in [2.24, 2.45) is 0 Å². The Kier molecular flexibility index (Phi) is 4.55. The van der Waals surface area contributed by atoms with E-state index < -0.39 is 0 Å². The monoisotopic (exact) mass is 371 g/mol. The lowest BCUT2D eigenvalue weighted by Gasteiger charge is -2.36. The maximum Gasteiger partial charge on any atom is 0.350 e. The summed E-state index contributed by atoms with van der Waals surface area (Å²) in [6.45, 7) is 6.14. The van der Waals surface area contributed by atoms with E-state index in [2.05, 4.69) is 9.88 Å². The van der Waals surface area contributed by atoms with E-state index in [1.165, 1.54) is 0 Å². The molecule has 4 rings (SSSR count). The van der Waals surface area contributed by atoms with Crippen LogP contribution in [0.15, 0.2) is 23.0 Å². The molecule has 0 N–H and O–H groups in total. The SMILES string of the molecule is COc1cc2c(cc1OC)-c1cc(N3C[C@@H](C)O[C@H](C)C3)nc(=O)n1CC2. The minimum absolute atomic E-state index is 0.103. The molecule has 1 aromatic heterocycles.